The molecular weight excluding hydrogens is 286 g/mol. The third kappa shape index (κ3) is 1.48. The molecule has 0 aliphatic carbocycles. The van der Waals surface area contributed by atoms with Crippen LogP contribution in [0.4, 0.5) is 0 Å². The van der Waals surface area contributed by atoms with Gasteiger partial charge in [-0.1, -0.05) is 36.4 Å². The van der Waals surface area contributed by atoms with Crippen molar-refractivity contribution in [3.63, 3.8) is 0 Å². The van der Waals surface area contributed by atoms with Crippen LogP contribution in [0.1, 0.15) is 4.88 Å². The molecule has 0 saturated carbocycles. The minimum atomic E-state index is 1.31. The average molecular weight is 301 g/mol. The Labute approximate surface area is 132 Å². The molecule has 2 heterocycles. The van der Waals surface area contributed by atoms with Gasteiger partial charge in [-0.2, -0.15) is 0 Å². The number of hydrogen-bond acceptors (Lipinski definition) is 1. The van der Waals surface area contributed by atoms with E-state index in [2.05, 4.69) is 73.3 Å². The van der Waals surface area contributed by atoms with Crippen LogP contribution < -0.4 is 0 Å². The number of aromatic nitrogens is 1. The molecule has 0 N–H and O–H groups in total. The molecule has 0 aliphatic heterocycles. The number of hydrogen-bond donors (Lipinski definition) is 0. The Morgan fingerprint density at radius 1 is 0.773 bits per heavy atom. The van der Waals surface area contributed by atoms with Gasteiger partial charge in [0.25, 0.3) is 0 Å². The summed E-state index contributed by atoms with van der Waals surface area (Å²) in [5.41, 5.74) is 1.32. The number of nitrogens with zero attached hydrogens (tertiary/aromatic N) is 1. The fraction of sp³-hybridized carbons (Fsp3) is 0.100. The molecule has 1 nitrogen and oxygen atoms in total. The molecule has 0 saturated heterocycles. The summed E-state index contributed by atoms with van der Waals surface area (Å²) >= 11 is 1.89. The second kappa shape index (κ2) is 4.11. The zero-order valence-electron chi connectivity index (χ0n) is 12.6. The lowest BCUT2D eigenvalue weighted by atomic mass is 9.99. The number of fused-ring (bicyclic) bond motifs is 7. The second-order valence-corrected chi connectivity index (χ2v) is 7.28. The summed E-state index contributed by atoms with van der Waals surface area (Å²) in [5.74, 6) is 0. The standard InChI is InChI=1S/C20H15NS/c1-12-11-14-4-6-16-15-5-3-13-9-10-21(2)19(13)17(15)7-8-18(16)20(14)22-12/h3-11H,1-2H3. The SMILES string of the molecule is Cc1cc2ccc3c4ccc5ccn(C)c5c4ccc3c2s1. The van der Waals surface area contributed by atoms with E-state index in [0.717, 1.165) is 0 Å². The first-order valence-corrected chi connectivity index (χ1v) is 8.34. The molecule has 2 aromatic heterocycles. The Morgan fingerprint density at radius 3 is 2.32 bits per heavy atom. The van der Waals surface area contributed by atoms with Crippen LogP contribution in [0.2, 0.25) is 0 Å². The van der Waals surface area contributed by atoms with Gasteiger partial charge >= 0.3 is 0 Å². The van der Waals surface area contributed by atoms with E-state index in [1.54, 1.807) is 0 Å². The summed E-state index contributed by atoms with van der Waals surface area (Å²) in [6, 6.07) is 18.1. The van der Waals surface area contributed by atoms with Gasteiger partial charge in [0.05, 0.1) is 5.52 Å². The van der Waals surface area contributed by atoms with E-state index in [1.807, 2.05) is 11.3 Å². The van der Waals surface area contributed by atoms with Crippen LogP contribution >= 0.6 is 11.3 Å². The van der Waals surface area contributed by atoms with Gasteiger partial charge in [0, 0.05) is 39.0 Å². The van der Waals surface area contributed by atoms with Crippen LogP contribution in [0.5, 0.6) is 0 Å². The van der Waals surface area contributed by atoms with Crippen molar-refractivity contribution >= 4 is 53.9 Å². The highest BCUT2D eigenvalue weighted by molar-refractivity contribution is 7.20. The summed E-state index contributed by atoms with van der Waals surface area (Å²) < 4.78 is 3.63. The zero-order valence-corrected chi connectivity index (χ0v) is 13.4. The first kappa shape index (κ1) is 12.2. The van der Waals surface area contributed by atoms with E-state index in [1.165, 1.54) is 47.4 Å². The Bertz CT molecular complexity index is 1190. The molecular formula is C20H15NS. The van der Waals surface area contributed by atoms with Gasteiger partial charge in [0.1, 0.15) is 0 Å². The molecule has 3 aromatic carbocycles. The lowest BCUT2D eigenvalue weighted by Crippen LogP contribution is -1.86. The molecule has 2 heteroatoms. The van der Waals surface area contributed by atoms with Crippen molar-refractivity contribution in [1.29, 1.82) is 0 Å². The fourth-order valence-electron chi connectivity index (χ4n) is 3.64. The highest BCUT2D eigenvalue weighted by Crippen LogP contribution is 2.37. The molecule has 0 unspecified atom stereocenters. The molecule has 0 atom stereocenters. The van der Waals surface area contributed by atoms with Crippen molar-refractivity contribution in [1.82, 2.24) is 4.57 Å². The zero-order chi connectivity index (χ0) is 14.8. The summed E-state index contributed by atoms with van der Waals surface area (Å²) in [4.78, 5) is 1.38. The maximum absolute atomic E-state index is 2.29. The predicted molar refractivity (Wildman–Crippen MR) is 98.1 cm³/mol. The first-order chi connectivity index (χ1) is 10.7. The smallest absolute Gasteiger partial charge is 0.0557 e. The topological polar surface area (TPSA) is 4.93 Å². The third-order valence-electron chi connectivity index (χ3n) is 4.63. The van der Waals surface area contributed by atoms with Gasteiger partial charge in [0.2, 0.25) is 0 Å². The van der Waals surface area contributed by atoms with Crippen molar-refractivity contribution in [2.75, 3.05) is 0 Å². The van der Waals surface area contributed by atoms with Gasteiger partial charge in [-0.05, 0) is 35.2 Å². The quantitative estimate of drug-likeness (QED) is 0.309. The van der Waals surface area contributed by atoms with Crippen LogP contribution in [0.15, 0.2) is 54.7 Å². The van der Waals surface area contributed by atoms with Gasteiger partial charge < -0.3 is 4.57 Å². The lowest BCUT2D eigenvalue weighted by Gasteiger charge is -2.08. The highest BCUT2D eigenvalue weighted by atomic mass is 32.1. The van der Waals surface area contributed by atoms with E-state index < -0.39 is 0 Å². The minimum Gasteiger partial charge on any atom is -0.350 e. The number of aryl methyl sites for hydroxylation is 2. The number of thiophene rings is 1. The number of benzene rings is 3. The van der Waals surface area contributed by atoms with Crippen molar-refractivity contribution < 1.29 is 0 Å². The first-order valence-electron chi connectivity index (χ1n) is 7.52. The van der Waals surface area contributed by atoms with Crippen LogP contribution in [0.25, 0.3) is 42.5 Å². The molecule has 22 heavy (non-hydrogen) atoms. The molecule has 0 radical (unpaired) electrons. The summed E-state index contributed by atoms with van der Waals surface area (Å²) in [6.45, 7) is 2.19. The van der Waals surface area contributed by atoms with Crippen molar-refractivity contribution in [2.24, 2.45) is 7.05 Å². The molecule has 5 rings (SSSR count). The average Bonchev–Trinajstić information content (AvgIpc) is 3.09. The third-order valence-corrected chi connectivity index (χ3v) is 5.73. The van der Waals surface area contributed by atoms with E-state index in [4.69, 9.17) is 0 Å². The predicted octanol–water partition coefficient (Wildman–Crippen LogP) is 6.01. The van der Waals surface area contributed by atoms with Gasteiger partial charge in [-0.15, -0.1) is 11.3 Å². The Balaban J connectivity index is 2.05. The monoisotopic (exact) mass is 301 g/mol. The van der Waals surface area contributed by atoms with Crippen molar-refractivity contribution in [2.45, 2.75) is 6.92 Å². The second-order valence-electron chi connectivity index (χ2n) is 6.03. The normalized spacial score (nSPS) is 12.1. The largest absolute Gasteiger partial charge is 0.350 e. The molecule has 0 spiro atoms. The van der Waals surface area contributed by atoms with Gasteiger partial charge in [0.15, 0.2) is 0 Å². The van der Waals surface area contributed by atoms with Crippen LogP contribution in [0, 0.1) is 6.92 Å². The van der Waals surface area contributed by atoms with Crippen LogP contribution in [-0.2, 0) is 7.05 Å². The molecule has 0 amide bonds. The summed E-state index contributed by atoms with van der Waals surface area (Å²) in [6.07, 6.45) is 2.14. The highest BCUT2D eigenvalue weighted by Gasteiger charge is 2.10. The molecule has 0 bridgehead atoms. The molecule has 0 fully saturated rings. The maximum atomic E-state index is 2.29. The number of rotatable bonds is 0. The minimum absolute atomic E-state index is 1.31. The van der Waals surface area contributed by atoms with E-state index in [9.17, 15) is 0 Å². The van der Waals surface area contributed by atoms with Gasteiger partial charge in [-0.25, -0.2) is 0 Å². The van der Waals surface area contributed by atoms with Crippen LogP contribution in [0.3, 0.4) is 0 Å². The summed E-state index contributed by atoms with van der Waals surface area (Å²) in [7, 11) is 2.12. The van der Waals surface area contributed by atoms with E-state index in [-0.39, 0.29) is 0 Å². The summed E-state index contributed by atoms with van der Waals surface area (Å²) in [5, 5.41) is 8.08. The Morgan fingerprint density at radius 2 is 1.45 bits per heavy atom. The van der Waals surface area contributed by atoms with Crippen LogP contribution in [-0.4, -0.2) is 4.57 Å². The fourth-order valence-corrected chi connectivity index (χ4v) is 4.68. The van der Waals surface area contributed by atoms with E-state index >= 15 is 0 Å². The molecule has 0 aliphatic rings. The Hall–Kier alpha value is -2.32. The van der Waals surface area contributed by atoms with Crippen molar-refractivity contribution in [3.05, 3.63) is 59.6 Å². The maximum Gasteiger partial charge on any atom is 0.0557 e. The van der Waals surface area contributed by atoms with E-state index in [0.29, 0.717) is 0 Å². The van der Waals surface area contributed by atoms with Crippen molar-refractivity contribution in [3.8, 4) is 0 Å². The molecule has 106 valence electrons. The Kier molecular flexibility index (Phi) is 2.29. The lowest BCUT2D eigenvalue weighted by molar-refractivity contribution is 0.973. The molecule has 5 aromatic rings. The van der Waals surface area contributed by atoms with Gasteiger partial charge in [-0.3, -0.25) is 0 Å².